The Balaban J connectivity index is 1.69. The van der Waals surface area contributed by atoms with Crippen molar-refractivity contribution in [1.29, 1.82) is 0 Å². The first-order chi connectivity index (χ1) is 15.5. The minimum Gasteiger partial charge on any atom is -0.382 e. The second-order valence-corrected chi connectivity index (χ2v) is 10.4. The number of methoxy groups -OCH3 is 2. The monoisotopic (exact) mass is 434 g/mol. The van der Waals surface area contributed by atoms with Crippen LogP contribution >= 0.6 is 0 Å². The zero-order valence-corrected chi connectivity index (χ0v) is 19.5. The van der Waals surface area contributed by atoms with Gasteiger partial charge in [-0.3, -0.25) is 9.59 Å². The van der Waals surface area contributed by atoms with Gasteiger partial charge in [0.15, 0.2) is 5.78 Å². The van der Waals surface area contributed by atoms with Gasteiger partial charge in [0, 0.05) is 43.1 Å². The van der Waals surface area contributed by atoms with Gasteiger partial charge in [-0.2, -0.15) is 0 Å². The van der Waals surface area contributed by atoms with Crippen molar-refractivity contribution >= 4 is 12.1 Å². The Morgan fingerprint density at radius 2 is 1.91 bits per heavy atom. The van der Waals surface area contributed by atoms with Gasteiger partial charge in [-0.25, -0.2) is 0 Å². The van der Waals surface area contributed by atoms with Crippen molar-refractivity contribution in [2.75, 3.05) is 20.8 Å². The second kappa shape index (κ2) is 8.07. The highest BCUT2D eigenvalue weighted by atomic mass is 16.5. The summed E-state index contributed by atoms with van der Waals surface area (Å²) in [6, 6.07) is 8.00. The van der Waals surface area contributed by atoms with Crippen molar-refractivity contribution in [3.05, 3.63) is 58.2 Å². The van der Waals surface area contributed by atoms with E-state index in [-0.39, 0.29) is 16.9 Å². The Labute approximate surface area is 191 Å². The van der Waals surface area contributed by atoms with Crippen LogP contribution in [0.15, 0.2) is 47.1 Å². The van der Waals surface area contributed by atoms with Crippen LogP contribution in [0.5, 0.6) is 0 Å². The van der Waals surface area contributed by atoms with Crippen LogP contribution in [0.3, 0.4) is 0 Å². The summed E-state index contributed by atoms with van der Waals surface area (Å²) in [6.45, 7) is 2.99. The number of ketones is 1. The van der Waals surface area contributed by atoms with E-state index in [1.54, 1.807) is 7.11 Å². The van der Waals surface area contributed by atoms with Gasteiger partial charge in [-0.05, 0) is 67.1 Å². The van der Waals surface area contributed by atoms with Crippen LogP contribution in [0.1, 0.15) is 73.7 Å². The molecular weight excluding hydrogens is 400 g/mol. The molecule has 5 rings (SSSR count). The molecule has 0 aromatic heterocycles. The number of benzene rings is 1. The fourth-order valence-corrected chi connectivity index (χ4v) is 7.68. The first kappa shape index (κ1) is 21.8. The van der Waals surface area contributed by atoms with Gasteiger partial charge >= 0.3 is 0 Å². The Morgan fingerprint density at radius 3 is 2.59 bits per heavy atom. The van der Waals surface area contributed by atoms with Crippen LogP contribution in [0.4, 0.5) is 0 Å². The molecule has 2 fully saturated rings. The summed E-state index contributed by atoms with van der Waals surface area (Å²) in [5.74, 6) is 1.37. The standard InChI is InChI=1S/C28H34O4/c1-27-15-22(19-9-7-18(16-29)8-10-19)26-21(12-11-20-5-4-6-24(30)25(20)26)23(27)13-14-28(27,32-3)17-31-2/h5,7-10,16,21-23H,4,6,11-15,17H2,1-3H3/t21-,22+,23-,27-,28+/m0/s1. The van der Waals surface area contributed by atoms with Crippen molar-refractivity contribution in [3.63, 3.8) is 0 Å². The Hall–Kier alpha value is -2.04. The smallest absolute Gasteiger partial charge is 0.163 e. The van der Waals surface area contributed by atoms with Crippen LogP contribution in [0, 0.1) is 17.3 Å². The topological polar surface area (TPSA) is 52.6 Å². The molecule has 2 saturated carbocycles. The summed E-state index contributed by atoms with van der Waals surface area (Å²) in [7, 11) is 3.60. The Bertz CT molecular complexity index is 987. The molecule has 0 amide bonds. The molecule has 0 spiro atoms. The van der Waals surface area contributed by atoms with E-state index in [4.69, 9.17) is 9.47 Å². The third-order valence-electron chi connectivity index (χ3n) is 9.23. The van der Waals surface area contributed by atoms with Gasteiger partial charge in [-0.1, -0.05) is 37.3 Å². The van der Waals surface area contributed by atoms with E-state index in [0.717, 1.165) is 50.4 Å². The fourth-order valence-electron chi connectivity index (χ4n) is 7.68. The SMILES string of the molecule is COC[C@]1(OC)CC[C@H]2[C@@H]3CCC4=CCCC(=O)C4=C3[C@@H](c3ccc(C=O)cc3)C[C@@]21C. The van der Waals surface area contributed by atoms with Gasteiger partial charge in [0.1, 0.15) is 6.29 Å². The second-order valence-electron chi connectivity index (χ2n) is 10.4. The van der Waals surface area contributed by atoms with Crippen molar-refractivity contribution in [2.24, 2.45) is 17.3 Å². The lowest BCUT2D eigenvalue weighted by atomic mass is 9.51. The largest absolute Gasteiger partial charge is 0.382 e. The zero-order valence-electron chi connectivity index (χ0n) is 19.5. The predicted octanol–water partition coefficient (Wildman–Crippen LogP) is 5.43. The molecule has 1 aromatic rings. The van der Waals surface area contributed by atoms with Crippen molar-refractivity contribution in [1.82, 2.24) is 0 Å². The van der Waals surface area contributed by atoms with E-state index in [1.807, 2.05) is 19.2 Å². The summed E-state index contributed by atoms with van der Waals surface area (Å²) in [6.07, 6.45) is 9.84. The molecule has 4 aliphatic rings. The number of carbonyl (C=O) groups is 2. The average Bonchev–Trinajstić information content (AvgIpc) is 3.11. The molecule has 0 heterocycles. The lowest BCUT2D eigenvalue weighted by molar-refractivity contribution is -0.150. The van der Waals surface area contributed by atoms with Crippen molar-refractivity contribution in [3.8, 4) is 0 Å². The molecular formula is C28H34O4. The summed E-state index contributed by atoms with van der Waals surface area (Å²) >= 11 is 0. The highest BCUT2D eigenvalue weighted by Crippen LogP contribution is 2.67. The maximum absolute atomic E-state index is 13.2. The van der Waals surface area contributed by atoms with Gasteiger partial charge in [0.2, 0.25) is 0 Å². The maximum Gasteiger partial charge on any atom is 0.163 e. The fraction of sp³-hybridized carbons (Fsp3) is 0.571. The van der Waals surface area contributed by atoms with Crippen LogP contribution in [-0.4, -0.2) is 38.5 Å². The first-order valence-electron chi connectivity index (χ1n) is 12.0. The average molecular weight is 435 g/mol. The summed E-state index contributed by atoms with van der Waals surface area (Å²) in [5, 5.41) is 0. The number of ether oxygens (including phenoxy) is 2. The van der Waals surface area contributed by atoms with E-state index in [2.05, 4.69) is 25.1 Å². The normalized spacial score (nSPS) is 36.3. The summed E-state index contributed by atoms with van der Waals surface area (Å²) in [4.78, 5) is 24.5. The third-order valence-corrected chi connectivity index (χ3v) is 9.23. The number of fused-ring (bicyclic) bond motifs is 4. The van der Waals surface area contributed by atoms with Crippen LogP contribution < -0.4 is 0 Å². The molecule has 170 valence electrons. The minimum absolute atomic E-state index is 0.0422. The van der Waals surface area contributed by atoms with Crippen molar-refractivity contribution in [2.45, 2.75) is 63.4 Å². The summed E-state index contributed by atoms with van der Waals surface area (Å²) < 4.78 is 12.0. The Morgan fingerprint density at radius 1 is 1.12 bits per heavy atom. The van der Waals surface area contributed by atoms with E-state index in [1.165, 1.54) is 16.7 Å². The molecule has 0 unspecified atom stereocenters. The molecule has 4 aliphatic carbocycles. The van der Waals surface area contributed by atoms with Crippen molar-refractivity contribution < 1.29 is 19.1 Å². The highest BCUT2D eigenvalue weighted by Gasteiger charge is 2.64. The molecule has 32 heavy (non-hydrogen) atoms. The number of aldehydes is 1. The van der Waals surface area contributed by atoms with Gasteiger partial charge in [0.05, 0.1) is 12.2 Å². The van der Waals surface area contributed by atoms with Crippen LogP contribution in [0.2, 0.25) is 0 Å². The van der Waals surface area contributed by atoms with Crippen LogP contribution in [-0.2, 0) is 14.3 Å². The predicted molar refractivity (Wildman–Crippen MR) is 124 cm³/mol. The quantitative estimate of drug-likeness (QED) is 0.580. The minimum atomic E-state index is -0.309. The maximum atomic E-state index is 13.2. The zero-order chi connectivity index (χ0) is 22.5. The molecule has 0 saturated heterocycles. The van der Waals surface area contributed by atoms with E-state index >= 15 is 0 Å². The number of allylic oxidation sites excluding steroid dienone is 4. The van der Waals surface area contributed by atoms with Gasteiger partial charge in [0.25, 0.3) is 0 Å². The van der Waals surface area contributed by atoms with Gasteiger partial charge < -0.3 is 9.47 Å². The molecule has 0 N–H and O–H groups in total. The van der Waals surface area contributed by atoms with E-state index in [9.17, 15) is 9.59 Å². The highest BCUT2D eigenvalue weighted by molar-refractivity contribution is 6.02. The molecule has 0 bridgehead atoms. The number of rotatable bonds is 5. The molecule has 4 heteroatoms. The number of hydrogen-bond acceptors (Lipinski definition) is 4. The van der Waals surface area contributed by atoms with Crippen LogP contribution in [0.25, 0.3) is 0 Å². The lowest BCUT2D eigenvalue weighted by Gasteiger charge is -2.55. The molecule has 5 atom stereocenters. The molecule has 0 radical (unpaired) electrons. The van der Waals surface area contributed by atoms with E-state index < -0.39 is 0 Å². The molecule has 0 aliphatic heterocycles. The lowest BCUT2D eigenvalue weighted by Crippen LogP contribution is -2.54. The summed E-state index contributed by atoms with van der Waals surface area (Å²) in [5.41, 5.74) is 5.23. The number of Topliss-reactive ketones (excluding diaryl/α,β-unsaturated/α-hetero) is 1. The Kier molecular flexibility index (Phi) is 5.50. The van der Waals surface area contributed by atoms with E-state index in [0.29, 0.717) is 36.2 Å². The number of hydrogen-bond donors (Lipinski definition) is 0. The molecule has 4 nitrogen and oxygen atoms in total. The number of carbonyl (C=O) groups excluding carboxylic acids is 2. The first-order valence-corrected chi connectivity index (χ1v) is 12.0. The third kappa shape index (κ3) is 3.03. The van der Waals surface area contributed by atoms with Gasteiger partial charge in [-0.15, -0.1) is 0 Å². The molecule has 1 aromatic carbocycles.